The third-order valence-electron chi connectivity index (χ3n) is 1.19. The molecule has 0 aromatic rings. The fourth-order valence-electron chi connectivity index (χ4n) is 0.735. The van der Waals surface area contributed by atoms with Crippen LogP contribution in [0, 0.1) is 0 Å². The molecule has 11 heavy (non-hydrogen) atoms. The zero-order valence-corrected chi connectivity index (χ0v) is 6.54. The van der Waals surface area contributed by atoms with Gasteiger partial charge < -0.3 is 0 Å². The van der Waals surface area contributed by atoms with Crippen LogP contribution in [0.4, 0.5) is 0 Å². The summed E-state index contributed by atoms with van der Waals surface area (Å²) in [6, 6.07) is 0. The van der Waals surface area contributed by atoms with Crippen LogP contribution in [0.25, 0.3) is 0 Å². The largest absolute Gasteiger partial charge is 0.264 e. The number of hydrogen-bond donors (Lipinski definition) is 0. The van der Waals surface area contributed by atoms with E-state index in [0.29, 0.717) is 0 Å². The maximum atomic E-state index is 4.16. The van der Waals surface area contributed by atoms with Crippen LogP contribution in [0.15, 0.2) is 46.7 Å². The van der Waals surface area contributed by atoms with Gasteiger partial charge in [0.05, 0.1) is 5.71 Å². The Hall–Kier alpha value is -1.44. The zero-order valence-electron chi connectivity index (χ0n) is 6.54. The molecule has 0 saturated heterocycles. The summed E-state index contributed by atoms with van der Waals surface area (Å²) < 4.78 is 0. The molecule has 0 atom stereocenters. The Morgan fingerprint density at radius 2 is 2.36 bits per heavy atom. The van der Waals surface area contributed by atoms with Gasteiger partial charge in [-0.25, -0.2) is 0 Å². The van der Waals surface area contributed by atoms with E-state index in [1.807, 2.05) is 13.0 Å². The zero-order chi connectivity index (χ0) is 8.27. The van der Waals surface area contributed by atoms with Crippen LogP contribution in [0.2, 0.25) is 0 Å². The first-order valence-electron chi connectivity index (χ1n) is 3.33. The van der Waals surface area contributed by atoms with Crippen molar-refractivity contribution in [3.05, 3.63) is 36.7 Å². The topological polar surface area (TPSA) is 24.7 Å². The average molecular weight is 146 g/mol. The second-order valence-corrected chi connectivity index (χ2v) is 2.35. The summed E-state index contributed by atoms with van der Waals surface area (Å²) >= 11 is 0. The van der Waals surface area contributed by atoms with Crippen LogP contribution in [0.1, 0.15) is 6.92 Å². The summed E-state index contributed by atoms with van der Waals surface area (Å²) in [6.45, 7) is 9.30. The van der Waals surface area contributed by atoms with Gasteiger partial charge >= 0.3 is 0 Å². The van der Waals surface area contributed by atoms with Crippen LogP contribution in [-0.4, -0.2) is 11.9 Å². The highest BCUT2D eigenvalue weighted by atomic mass is 14.8. The van der Waals surface area contributed by atoms with Crippen molar-refractivity contribution < 1.29 is 0 Å². The highest BCUT2D eigenvalue weighted by Crippen LogP contribution is 2.03. The second-order valence-electron chi connectivity index (χ2n) is 2.35. The number of nitrogens with zero attached hydrogens (tertiary/aromatic N) is 2. The van der Waals surface area contributed by atoms with E-state index in [9.17, 15) is 0 Å². The maximum absolute atomic E-state index is 4.16. The SMILES string of the molecule is C=C(C)N=C1C=CN=CC1=C. The molecule has 1 rings (SSSR count). The third-order valence-corrected chi connectivity index (χ3v) is 1.19. The molecule has 0 bridgehead atoms. The molecule has 2 nitrogen and oxygen atoms in total. The lowest BCUT2D eigenvalue weighted by Crippen LogP contribution is -2.02. The van der Waals surface area contributed by atoms with Crippen molar-refractivity contribution in [2.24, 2.45) is 9.98 Å². The van der Waals surface area contributed by atoms with Gasteiger partial charge in [0, 0.05) is 23.7 Å². The van der Waals surface area contributed by atoms with E-state index < -0.39 is 0 Å². The lowest BCUT2D eigenvalue weighted by atomic mass is 10.1. The minimum absolute atomic E-state index is 0.779. The summed E-state index contributed by atoms with van der Waals surface area (Å²) in [5.41, 5.74) is 2.45. The first-order valence-corrected chi connectivity index (χ1v) is 3.33. The van der Waals surface area contributed by atoms with Gasteiger partial charge in [0.2, 0.25) is 0 Å². The summed E-state index contributed by atoms with van der Waals surface area (Å²) in [5.74, 6) is 0. The standard InChI is InChI=1S/C9H10N2/c1-7(2)11-9-4-5-10-6-8(9)3/h4-6H,1,3H2,2H3. The van der Waals surface area contributed by atoms with Crippen molar-refractivity contribution in [1.82, 2.24) is 0 Å². The molecule has 0 spiro atoms. The normalized spacial score (nSPS) is 19.4. The minimum Gasteiger partial charge on any atom is -0.264 e. The van der Waals surface area contributed by atoms with Crippen LogP contribution in [-0.2, 0) is 0 Å². The van der Waals surface area contributed by atoms with Gasteiger partial charge in [-0.3, -0.25) is 9.98 Å². The van der Waals surface area contributed by atoms with Crippen molar-refractivity contribution in [3.63, 3.8) is 0 Å². The Labute approximate surface area is 66.4 Å². The quantitative estimate of drug-likeness (QED) is 0.541. The molecule has 0 saturated carbocycles. The molecule has 1 aliphatic rings. The van der Waals surface area contributed by atoms with Crippen LogP contribution in [0.5, 0.6) is 0 Å². The van der Waals surface area contributed by atoms with Crippen molar-refractivity contribution >= 4 is 11.9 Å². The third kappa shape index (κ3) is 2.00. The van der Waals surface area contributed by atoms with Crippen molar-refractivity contribution in [1.29, 1.82) is 0 Å². The van der Waals surface area contributed by atoms with E-state index in [2.05, 4.69) is 23.1 Å². The molecule has 0 N–H and O–H groups in total. The maximum Gasteiger partial charge on any atom is 0.0729 e. The second kappa shape index (κ2) is 3.10. The molecule has 56 valence electrons. The van der Waals surface area contributed by atoms with Gasteiger partial charge in [-0.2, -0.15) is 0 Å². The minimum atomic E-state index is 0.779. The Kier molecular flexibility index (Phi) is 2.16. The first-order chi connectivity index (χ1) is 5.20. The van der Waals surface area contributed by atoms with E-state index in [0.717, 1.165) is 17.0 Å². The molecule has 1 aliphatic heterocycles. The summed E-state index contributed by atoms with van der Waals surface area (Å²) in [4.78, 5) is 8.06. The molecule has 1 heterocycles. The number of rotatable bonds is 1. The Bertz CT molecular complexity index is 280. The molecule has 0 aromatic carbocycles. The monoisotopic (exact) mass is 146 g/mol. The van der Waals surface area contributed by atoms with Gasteiger partial charge in [-0.15, -0.1) is 0 Å². The molecule has 0 fully saturated rings. The lowest BCUT2D eigenvalue weighted by molar-refractivity contribution is 1.32. The van der Waals surface area contributed by atoms with Crippen molar-refractivity contribution in [3.8, 4) is 0 Å². The van der Waals surface area contributed by atoms with E-state index in [1.165, 1.54) is 0 Å². The Balaban J connectivity index is 2.90. The molecule has 2 heteroatoms. The van der Waals surface area contributed by atoms with Gasteiger partial charge in [0.1, 0.15) is 0 Å². The smallest absolute Gasteiger partial charge is 0.0729 e. The predicted octanol–water partition coefficient (Wildman–Crippen LogP) is 2.12. The molecular formula is C9H10N2. The fourth-order valence-corrected chi connectivity index (χ4v) is 0.735. The first kappa shape index (κ1) is 7.66. The van der Waals surface area contributed by atoms with Gasteiger partial charge in [-0.05, 0) is 13.0 Å². The summed E-state index contributed by atoms with van der Waals surface area (Å²) in [5, 5.41) is 0. The molecule has 0 radical (unpaired) electrons. The highest BCUT2D eigenvalue weighted by molar-refractivity contribution is 6.22. The van der Waals surface area contributed by atoms with Gasteiger partial charge in [0.25, 0.3) is 0 Å². The van der Waals surface area contributed by atoms with E-state index >= 15 is 0 Å². The Morgan fingerprint density at radius 3 is 2.91 bits per heavy atom. The van der Waals surface area contributed by atoms with Crippen LogP contribution < -0.4 is 0 Å². The molecule has 0 unspecified atom stereocenters. The highest BCUT2D eigenvalue weighted by Gasteiger charge is 2.00. The Morgan fingerprint density at radius 1 is 1.64 bits per heavy atom. The molecule has 0 aromatic heterocycles. The van der Waals surface area contributed by atoms with Crippen molar-refractivity contribution in [2.75, 3.05) is 0 Å². The average Bonchev–Trinajstić information content (AvgIpc) is 1.93. The van der Waals surface area contributed by atoms with Gasteiger partial charge in [-0.1, -0.05) is 13.2 Å². The van der Waals surface area contributed by atoms with E-state index in [4.69, 9.17) is 0 Å². The van der Waals surface area contributed by atoms with Crippen LogP contribution in [0.3, 0.4) is 0 Å². The number of allylic oxidation sites excluding steroid dienone is 3. The summed E-state index contributed by atoms with van der Waals surface area (Å²) in [6.07, 6.45) is 5.19. The van der Waals surface area contributed by atoms with E-state index in [1.54, 1.807) is 12.4 Å². The fraction of sp³-hybridized carbons (Fsp3) is 0.111. The predicted molar refractivity (Wildman–Crippen MR) is 49.0 cm³/mol. The van der Waals surface area contributed by atoms with Gasteiger partial charge in [0.15, 0.2) is 0 Å². The molecular weight excluding hydrogens is 136 g/mol. The summed E-state index contributed by atoms with van der Waals surface area (Å²) in [7, 11) is 0. The van der Waals surface area contributed by atoms with Crippen LogP contribution >= 0.6 is 0 Å². The number of aliphatic imine (C=N–C) groups is 2. The lowest BCUT2D eigenvalue weighted by Gasteiger charge is -2.02. The molecule has 0 amide bonds. The van der Waals surface area contributed by atoms with E-state index in [-0.39, 0.29) is 0 Å². The molecule has 0 aliphatic carbocycles. The van der Waals surface area contributed by atoms with Crippen molar-refractivity contribution in [2.45, 2.75) is 6.92 Å². The number of hydrogen-bond acceptors (Lipinski definition) is 2.